The average molecular weight is 300 g/mol. The van der Waals surface area contributed by atoms with Crippen LogP contribution in [0, 0.1) is 0 Å². The van der Waals surface area contributed by atoms with E-state index in [-0.39, 0.29) is 18.3 Å². The summed E-state index contributed by atoms with van der Waals surface area (Å²) in [4.78, 5) is 0. The van der Waals surface area contributed by atoms with Gasteiger partial charge in [0.1, 0.15) is 0 Å². The first-order valence-corrected chi connectivity index (χ1v) is 7.91. The third-order valence-corrected chi connectivity index (χ3v) is 3.42. The summed E-state index contributed by atoms with van der Waals surface area (Å²) < 4.78 is 33.5. The molecule has 0 aromatic heterocycles. The van der Waals surface area contributed by atoms with E-state index in [4.69, 9.17) is 27.7 Å². The third-order valence-electron chi connectivity index (χ3n) is 3.42. The van der Waals surface area contributed by atoms with Gasteiger partial charge in [0.2, 0.25) is 0 Å². The molecule has 6 nitrogen and oxygen atoms in total. The Morgan fingerprint density at radius 2 is 0.857 bits per heavy atom. The van der Waals surface area contributed by atoms with Crippen molar-refractivity contribution in [1.29, 1.82) is 0 Å². The van der Waals surface area contributed by atoms with Crippen LogP contribution in [0.1, 0.15) is 60.8 Å². The van der Waals surface area contributed by atoms with Crippen molar-refractivity contribution in [1.82, 2.24) is 0 Å². The van der Waals surface area contributed by atoms with Crippen molar-refractivity contribution in [2.75, 3.05) is 0 Å². The van der Waals surface area contributed by atoms with Crippen LogP contribution in [0.15, 0.2) is 0 Å². The van der Waals surface area contributed by atoms with Crippen molar-refractivity contribution in [3.63, 3.8) is 0 Å². The molecule has 0 aromatic carbocycles. The van der Waals surface area contributed by atoms with Crippen molar-refractivity contribution in [3.05, 3.63) is 0 Å². The van der Waals surface area contributed by atoms with Crippen LogP contribution < -0.4 is 0 Å². The molecule has 9 heteroatoms. The molecule has 0 spiro atoms. The highest BCUT2D eigenvalue weighted by molar-refractivity contribution is 6.66. The van der Waals surface area contributed by atoms with Gasteiger partial charge in [0.15, 0.2) is 0 Å². The van der Waals surface area contributed by atoms with E-state index in [1.165, 1.54) is 0 Å². The summed E-state index contributed by atoms with van der Waals surface area (Å²) in [5, 5.41) is 0. The second-order valence-corrected chi connectivity index (χ2v) is 5.34. The minimum Gasteiger partial charge on any atom is -0.400 e. The third kappa shape index (κ3) is 7.17. The van der Waals surface area contributed by atoms with Gasteiger partial charge in [-0.3, -0.25) is 0 Å². The fourth-order valence-corrected chi connectivity index (χ4v) is 1.42. The highest BCUT2D eigenvalue weighted by Gasteiger charge is 2.47. The highest BCUT2D eigenvalue weighted by Crippen LogP contribution is 2.16. The molecular formula is C12H27B3O6. The number of hydrogen-bond donors (Lipinski definition) is 0. The SMILES string of the molecule is CCC(C)OB1OB(OC(C)CC)OB(OC(C)CC)O1. The minimum atomic E-state index is -0.850. The number of hydrogen-bond acceptors (Lipinski definition) is 6. The summed E-state index contributed by atoms with van der Waals surface area (Å²) in [6.45, 7) is 12.0. The molecule has 1 fully saturated rings. The minimum absolute atomic E-state index is 0.0154. The molecule has 0 aromatic rings. The molecule has 3 atom stereocenters. The van der Waals surface area contributed by atoms with Crippen molar-refractivity contribution in [3.8, 4) is 0 Å². The van der Waals surface area contributed by atoms with E-state index in [2.05, 4.69) is 0 Å². The molecule has 21 heavy (non-hydrogen) atoms. The second kappa shape index (κ2) is 9.87. The largest absolute Gasteiger partial charge is 0.615 e. The molecule has 0 amide bonds. The molecule has 120 valence electrons. The van der Waals surface area contributed by atoms with E-state index >= 15 is 0 Å². The van der Waals surface area contributed by atoms with Crippen LogP contribution >= 0.6 is 0 Å². The Labute approximate surface area is 129 Å². The molecule has 0 saturated carbocycles. The maximum Gasteiger partial charge on any atom is 0.615 e. The van der Waals surface area contributed by atoms with E-state index in [9.17, 15) is 0 Å². The zero-order valence-corrected chi connectivity index (χ0v) is 14.0. The Bertz CT molecular complexity index is 237. The van der Waals surface area contributed by atoms with Gasteiger partial charge in [0.05, 0.1) is 0 Å². The Morgan fingerprint density at radius 3 is 1.05 bits per heavy atom. The van der Waals surface area contributed by atoms with E-state index in [1.54, 1.807) is 0 Å². The molecule has 0 bridgehead atoms. The smallest absolute Gasteiger partial charge is 0.400 e. The van der Waals surface area contributed by atoms with E-state index < -0.39 is 22.0 Å². The van der Waals surface area contributed by atoms with Crippen molar-refractivity contribution < 1.29 is 27.7 Å². The zero-order valence-electron chi connectivity index (χ0n) is 14.0. The summed E-state index contributed by atoms with van der Waals surface area (Å²) >= 11 is 0. The van der Waals surface area contributed by atoms with Crippen LogP contribution in [0.5, 0.6) is 0 Å². The summed E-state index contributed by atoms with van der Waals surface area (Å²) in [7, 11) is -2.55. The molecule has 3 unspecified atom stereocenters. The van der Waals surface area contributed by atoms with Gasteiger partial charge < -0.3 is 27.7 Å². The van der Waals surface area contributed by atoms with Gasteiger partial charge in [-0.15, -0.1) is 0 Å². The molecule has 1 rings (SSSR count). The number of rotatable bonds is 9. The van der Waals surface area contributed by atoms with Crippen LogP contribution in [0.2, 0.25) is 0 Å². The lowest BCUT2D eigenvalue weighted by atomic mass is 9.95. The monoisotopic (exact) mass is 300 g/mol. The first-order valence-electron chi connectivity index (χ1n) is 7.91. The lowest BCUT2D eigenvalue weighted by Gasteiger charge is -2.31. The molecule has 0 aliphatic carbocycles. The molecule has 1 aliphatic rings. The van der Waals surface area contributed by atoms with E-state index in [1.807, 2.05) is 41.5 Å². The van der Waals surface area contributed by atoms with Gasteiger partial charge in [-0.25, -0.2) is 0 Å². The van der Waals surface area contributed by atoms with Crippen molar-refractivity contribution in [2.24, 2.45) is 0 Å². The topological polar surface area (TPSA) is 55.4 Å². The van der Waals surface area contributed by atoms with Gasteiger partial charge in [-0.2, -0.15) is 0 Å². The lowest BCUT2D eigenvalue weighted by Crippen LogP contribution is -2.54. The van der Waals surface area contributed by atoms with Gasteiger partial charge in [-0.05, 0) is 40.0 Å². The molecular weight excluding hydrogens is 273 g/mol. The lowest BCUT2D eigenvalue weighted by molar-refractivity contribution is 0.0274. The van der Waals surface area contributed by atoms with Crippen LogP contribution in [-0.4, -0.2) is 40.3 Å². The highest BCUT2D eigenvalue weighted by atomic mass is 16.9. The quantitative estimate of drug-likeness (QED) is 0.610. The molecule has 0 radical (unpaired) electrons. The second-order valence-electron chi connectivity index (χ2n) is 5.34. The maximum atomic E-state index is 5.65. The summed E-state index contributed by atoms with van der Waals surface area (Å²) in [6, 6.07) is 0. The molecule has 1 heterocycles. The Balaban J connectivity index is 2.59. The van der Waals surface area contributed by atoms with Gasteiger partial charge >= 0.3 is 22.0 Å². The first kappa shape index (κ1) is 19.0. The Hall–Kier alpha value is -0.0452. The van der Waals surface area contributed by atoms with Crippen LogP contribution in [0.3, 0.4) is 0 Å². The normalized spacial score (nSPS) is 20.6. The van der Waals surface area contributed by atoms with E-state index in [0.717, 1.165) is 19.3 Å². The van der Waals surface area contributed by atoms with Crippen molar-refractivity contribution in [2.45, 2.75) is 79.1 Å². The van der Waals surface area contributed by atoms with Gasteiger partial charge in [0.25, 0.3) is 0 Å². The summed E-state index contributed by atoms with van der Waals surface area (Å²) in [5.74, 6) is 0. The van der Waals surface area contributed by atoms with Crippen molar-refractivity contribution >= 4 is 22.0 Å². The van der Waals surface area contributed by atoms with Crippen LogP contribution in [0.25, 0.3) is 0 Å². The maximum absolute atomic E-state index is 5.65. The fraction of sp³-hybridized carbons (Fsp3) is 1.00. The summed E-state index contributed by atoms with van der Waals surface area (Å²) in [6.07, 6.45) is 2.62. The molecule has 1 aliphatic heterocycles. The predicted molar refractivity (Wildman–Crippen MR) is 83.0 cm³/mol. The fourth-order valence-electron chi connectivity index (χ4n) is 1.42. The summed E-state index contributed by atoms with van der Waals surface area (Å²) in [5.41, 5.74) is 0. The van der Waals surface area contributed by atoms with Gasteiger partial charge in [-0.1, -0.05) is 20.8 Å². The predicted octanol–water partition coefficient (Wildman–Crippen LogP) is 2.45. The first-order chi connectivity index (χ1) is 9.98. The van der Waals surface area contributed by atoms with Gasteiger partial charge in [0, 0.05) is 18.3 Å². The van der Waals surface area contributed by atoms with Crippen LogP contribution in [-0.2, 0) is 27.7 Å². The Morgan fingerprint density at radius 1 is 0.619 bits per heavy atom. The standard InChI is InChI=1S/C12H27B3O6/c1-7-10(4)16-13-19-14(17-11(5)8-2)21-15(20-13)18-12(6)9-3/h10-12H,7-9H2,1-6H3. The van der Waals surface area contributed by atoms with E-state index in [0.29, 0.717) is 0 Å². The van der Waals surface area contributed by atoms with Crippen LogP contribution in [0.4, 0.5) is 0 Å². The zero-order chi connectivity index (χ0) is 15.8. The Kier molecular flexibility index (Phi) is 8.93. The average Bonchev–Trinajstić information content (AvgIpc) is 2.46. The molecule has 0 N–H and O–H groups in total. The molecule has 1 saturated heterocycles.